The Kier molecular flexibility index (Phi) is 4.48. The first kappa shape index (κ1) is 15.3. The van der Waals surface area contributed by atoms with Crippen LogP contribution >= 0.6 is 11.3 Å². The predicted octanol–water partition coefficient (Wildman–Crippen LogP) is 2.39. The summed E-state index contributed by atoms with van der Waals surface area (Å²) in [5.41, 5.74) is -0.147. The molecule has 2 aliphatic rings. The maximum absolute atomic E-state index is 6.47. The molecular weight excluding hydrogens is 310 g/mol. The second-order valence-corrected chi connectivity index (χ2v) is 7.56. The van der Waals surface area contributed by atoms with Crippen molar-refractivity contribution in [1.29, 1.82) is 0 Å². The number of ether oxygens (including phenoxy) is 2. The molecule has 2 unspecified atom stereocenters. The van der Waals surface area contributed by atoms with Crippen LogP contribution in [0.1, 0.15) is 17.7 Å². The summed E-state index contributed by atoms with van der Waals surface area (Å²) in [6, 6.07) is 6.29. The summed E-state index contributed by atoms with van der Waals surface area (Å²) < 4.78 is 14.3. The molecule has 5 nitrogen and oxygen atoms in total. The minimum atomic E-state index is -0.147. The van der Waals surface area contributed by atoms with Crippen molar-refractivity contribution in [2.24, 2.45) is 0 Å². The number of rotatable bonds is 4. The summed E-state index contributed by atoms with van der Waals surface area (Å²) >= 11 is 1.82. The first-order chi connectivity index (χ1) is 11.3. The summed E-state index contributed by atoms with van der Waals surface area (Å²) in [6.45, 7) is 5.27. The monoisotopic (exact) mass is 333 g/mol. The van der Waals surface area contributed by atoms with Crippen molar-refractivity contribution in [2.45, 2.75) is 37.6 Å². The molecule has 0 aromatic carbocycles. The lowest BCUT2D eigenvalue weighted by molar-refractivity contribution is -0.0904. The van der Waals surface area contributed by atoms with E-state index in [1.807, 2.05) is 34.5 Å². The molecule has 0 amide bonds. The Morgan fingerprint density at radius 2 is 2.39 bits per heavy atom. The van der Waals surface area contributed by atoms with Gasteiger partial charge in [-0.25, -0.2) is 0 Å². The molecule has 2 atom stereocenters. The average Bonchev–Trinajstić information content (AvgIpc) is 3.25. The third kappa shape index (κ3) is 3.66. The first-order valence-corrected chi connectivity index (χ1v) is 9.17. The van der Waals surface area contributed by atoms with Crippen LogP contribution in [0.4, 0.5) is 0 Å². The summed E-state index contributed by atoms with van der Waals surface area (Å²) in [5.74, 6) is 0. The number of hydrogen-bond acceptors (Lipinski definition) is 5. The van der Waals surface area contributed by atoms with Crippen molar-refractivity contribution in [3.8, 4) is 0 Å². The first-order valence-electron chi connectivity index (χ1n) is 8.29. The topological polar surface area (TPSA) is 39.5 Å². The van der Waals surface area contributed by atoms with Crippen LogP contribution in [0.3, 0.4) is 0 Å². The van der Waals surface area contributed by atoms with Gasteiger partial charge in [-0.2, -0.15) is 5.10 Å². The van der Waals surface area contributed by atoms with E-state index in [-0.39, 0.29) is 11.7 Å². The van der Waals surface area contributed by atoms with Crippen molar-refractivity contribution in [3.63, 3.8) is 0 Å². The second-order valence-electron chi connectivity index (χ2n) is 6.53. The Bertz CT molecular complexity index is 601. The number of nitrogens with zero attached hydrogens (tertiary/aromatic N) is 3. The Morgan fingerprint density at radius 3 is 3.22 bits per heavy atom. The molecule has 2 fully saturated rings. The normalized spacial score (nSPS) is 29.1. The average molecular weight is 333 g/mol. The van der Waals surface area contributed by atoms with E-state index in [2.05, 4.69) is 27.5 Å². The fourth-order valence-corrected chi connectivity index (χ4v) is 4.35. The highest BCUT2D eigenvalue weighted by atomic mass is 32.1. The van der Waals surface area contributed by atoms with E-state index in [1.165, 1.54) is 4.88 Å². The quantitative estimate of drug-likeness (QED) is 0.861. The molecular formula is C17H23N3O2S. The van der Waals surface area contributed by atoms with Gasteiger partial charge in [-0.05, 0) is 30.4 Å². The maximum Gasteiger partial charge on any atom is 0.105 e. The Balaban J connectivity index is 1.40. The molecule has 0 aliphatic carbocycles. The minimum Gasteiger partial charge on any atom is -0.377 e. The van der Waals surface area contributed by atoms with Crippen molar-refractivity contribution in [1.82, 2.24) is 14.7 Å². The van der Waals surface area contributed by atoms with E-state index >= 15 is 0 Å². The molecule has 0 bridgehead atoms. The van der Waals surface area contributed by atoms with Crippen LogP contribution in [0.5, 0.6) is 0 Å². The van der Waals surface area contributed by atoms with Gasteiger partial charge in [0.05, 0.1) is 25.9 Å². The Hall–Kier alpha value is -1.21. The lowest BCUT2D eigenvalue weighted by atomic mass is 10.00. The van der Waals surface area contributed by atoms with E-state index in [0.29, 0.717) is 6.61 Å². The maximum atomic E-state index is 6.47. The summed E-state index contributed by atoms with van der Waals surface area (Å²) in [7, 11) is 0. The van der Waals surface area contributed by atoms with E-state index < -0.39 is 0 Å². The minimum absolute atomic E-state index is 0.147. The molecule has 2 aromatic rings. The van der Waals surface area contributed by atoms with Gasteiger partial charge in [0.1, 0.15) is 5.60 Å². The highest BCUT2D eigenvalue weighted by Crippen LogP contribution is 2.34. The second kappa shape index (κ2) is 6.73. The standard InChI is InChI=1S/C17H23N3O2S/c1-3-16(23-10-1)12-19-8-9-21-14-17(13-19)5-4-15(22-17)11-20-7-2-6-18-20/h1-3,6-7,10,15H,4-5,8-9,11-14H2. The summed E-state index contributed by atoms with van der Waals surface area (Å²) in [4.78, 5) is 3.89. The van der Waals surface area contributed by atoms with Gasteiger partial charge in [0, 0.05) is 36.9 Å². The van der Waals surface area contributed by atoms with E-state index in [4.69, 9.17) is 9.47 Å². The van der Waals surface area contributed by atoms with Crippen molar-refractivity contribution < 1.29 is 9.47 Å². The van der Waals surface area contributed by atoms with E-state index in [0.717, 1.165) is 45.6 Å². The Labute approximate surface area is 140 Å². The fourth-order valence-electron chi connectivity index (χ4n) is 3.61. The molecule has 2 aromatic heterocycles. The Morgan fingerprint density at radius 1 is 1.39 bits per heavy atom. The SMILES string of the molecule is c1csc(CN2CCOCC3(CCC(Cn4cccn4)O3)C2)c1. The molecule has 2 aliphatic heterocycles. The largest absolute Gasteiger partial charge is 0.377 e. The van der Waals surface area contributed by atoms with Crippen molar-refractivity contribution in [2.75, 3.05) is 26.3 Å². The van der Waals surface area contributed by atoms with E-state index in [9.17, 15) is 0 Å². The predicted molar refractivity (Wildman–Crippen MR) is 89.5 cm³/mol. The fraction of sp³-hybridized carbons (Fsp3) is 0.588. The van der Waals surface area contributed by atoms with Crippen LogP contribution < -0.4 is 0 Å². The van der Waals surface area contributed by atoms with Crippen LogP contribution in [0, 0.1) is 0 Å². The molecule has 0 radical (unpaired) electrons. The third-order valence-corrected chi connectivity index (χ3v) is 5.54. The molecule has 4 heterocycles. The molecule has 6 heteroatoms. The third-order valence-electron chi connectivity index (χ3n) is 4.68. The van der Waals surface area contributed by atoms with Crippen LogP contribution in [0.2, 0.25) is 0 Å². The number of hydrogen-bond donors (Lipinski definition) is 0. The zero-order valence-electron chi connectivity index (χ0n) is 13.3. The van der Waals surface area contributed by atoms with E-state index in [1.54, 1.807) is 0 Å². The summed E-state index contributed by atoms with van der Waals surface area (Å²) in [6.07, 6.45) is 6.21. The van der Waals surface area contributed by atoms with Gasteiger partial charge in [-0.1, -0.05) is 6.07 Å². The zero-order valence-corrected chi connectivity index (χ0v) is 14.1. The molecule has 23 heavy (non-hydrogen) atoms. The van der Waals surface area contributed by atoms with Crippen LogP contribution in [0.15, 0.2) is 36.0 Å². The lowest BCUT2D eigenvalue weighted by Gasteiger charge is -2.31. The number of thiophene rings is 1. The molecule has 0 N–H and O–H groups in total. The van der Waals surface area contributed by atoms with Gasteiger partial charge in [0.15, 0.2) is 0 Å². The molecule has 1 spiro atoms. The van der Waals surface area contributed by atoms with Crippen molar-refractivity contribution >= 4 is 11.3 Å². The van der Waals surface area contributed by atoms with Gasteiger partial charge in [0.2, 0.25) is 0 Å². The van der Waals surface area contributed by atoms with Crippen molar-refractivity contribution in [3.05, 3.63) is 40.8 Å². The molecule has 124 valence electrons. The van der Waals surface area contributed by atoms with Crippen LogP contribution in [0.25, 0.3) is 0 Å². The van der Waals surface area contributed by atoms with Gasteiger partial charge < -0.3 is 9.47 Å². The van der Waals surface area contributed by atoms with Gasteiger partial charge in [-0.3, -0.25) is 9.58 Å². The van der Waals surface area contributed by atoms with Crippen LogP contribution in [-0.4, -0.2) is 52.7 Å². The van der Waals surface area contributed by atoms with Gasteiger partial charge in [0.25, 0.3) is 0 Å². The summed E-state index contributed by atoms with van der Waals surface area (Å²) in [5, 5.41) is 6.44. The smallest absolute Gasteiger partial charge is 0.105 e. The number of aromatic nitrogens is 2. The molecule has 0 saturated carbocycles. The van der Waals surface area contributed by atoms with Gasteiger partial charge in [-0.15, -0.1) is 11.3 Å². The van der Waals surface area contributed by atoms with Crippen LogP contribution in [-0.2, 0) is 22.6 Å². The lowest BCUT2D eigenvalue weighted by Crippen LogP contribution is -2.44. The molecule has 2 saturated heterocycles. The highest BCUT2D eigenvalue weighted by Gasteiger charge is 2.43. The highest BCUT2D eigenvalue weighted by molar-refractivity contribution is 7.09. The zero-order chi connectivity index (χ0) is 15.5. The molecule has 4 rings (SSSR count). The van der Waals surface area contributed by atoms with Gasteiger partial charge >= 0.3 is 0 Å².